The zero-order valence-electron chi connectivity index (χ0n) is 16.1. The molecule has 2 aromatic heterocycles. The highest BCUT2D eigenvalue weighted by Gasteiger charge is 2.25. The number of pyridine rings is 1. The van der Waals surface area contributed by atoms with Crippen molar-refractivity contribution in [2.24, 2.45) is 0 Å². The number of hydrogen-bond donors (Lipinski definition) is 1. The third-order valence-corrected chi connectivity index (χ3v) is 5.93. The lowest BCUT2D eigenvalue weighted by molar-refractivity contribution is 0.391. The van der Waals surface area contributed by atoms with Gasteiger partial charge >= 0.3 is 0 Å². The van der Waals surface area contributed by atoms with Crippen LogP contribution in [0.5, 0.6) is 11.5 Å². The summed E-state index contributed by atoms with van der Waals surface area (Å²) >= 11 is 0. The van der Waals surface area contributed by atoms with Crippen LogP contribution in [-0.2, 0) is 10.0 Å². The lowest BCUT2D eigenvalue weighted by Crippen LogP contribution is -2.27. The number of hydrogen-bond acceptors (Lipinski definition) is 6. The van der Waals surface area contributed by atoms with Crippen molar-refractivity contribution in [3.63, 3.8) is 0 Å². The lowest BCUT2D eigenvalue weighted by atomic mass is 10.1. The predicted molar refractivity (Wildman–Crippen MR) is 104 cm³/mol. The third kappa shape index (κ3) is 3.85. The van der Waals surface area contributed by atoms with Crippen molar-refractivity contribution in [2.75, 3.05) is 14.2 Å². The second-order valence-electron chi connectivity index (χ2n) is 6.14. The Hall–Kier alpha value is -2.91. The number of benzene rings is 1. The summed E-state index contributed by atoms with van der Waals surface area (Å²) in [4.78, 5) is 4.29. The molecule has 148 valence electrons. The van der Waals surface area contributed by atoms with Crippen LogP contribution in [0.4, 0.5) is 0 Å². The third-order valence-electron chi connectivity index (χ3n) is 4.37. The number of methoxy groups -OCH3 is 2. The van der Waals surface area contributed by atoms with Crippen LogP contribution >= 0.6 is 0 Å². The summed E-state index contributed by atoms with van der Waals surface area (Å²) in [5.74, 6) is 1.32. The summed E-state index contributed by atoms with van der Waals surface area (Å²) in [5.41, 5.74) is 1.54. The van der Waals surface area contributed by atoms with Gasteiger partial charge in [-0.3, -0.25) is 0 Å². The fourth-order valence-electron chi connectivity index (χ4n) is 2.91. The standard InChI is InChI=1S/C19H22N4O4S/c1-13(16-12-21-23(14(16)2)19-7-5-6-10-20-19)22-28(24,25)18-11-15(26-3)8-9-17(18)27-4/h5-13,22H,1-4H3/t13-/m1/s1. The Kier molecular flexibility index (Phi) is 5.66. The first kappa shape index (κ1) is 19.8. The molecule has 0 amide bonds. The average molecular weight is 402 g/mol. The number of ether oxygens (including phenoxy) is 2. The highest BCUT2D eigenvalue weighted by molar-refractivity contribution is 7.89. The van der Waals surface area contributed by atoms with Crippen LogP contribution < -0.4 is 14.2 Å². The molecule has 1 N–H and O–H groups in total. The Balaban J connectivity index is 1.91. The molecule has 0 aliphatic rings. The van der Waals surface area contributed by atoms with Crippen molar-refractivity contribution >= 4 is 10.0 Å². The number of rotatable bonds is 7. The molecule has 3 aromatic rings. The van der Waals surface area contributed by atoms with Crippen molar-refractivity contribution in [2.45, 2.75) is 24.8 Å². The van der Waals surface area contributed by atoms with E-state index in [-0.39, 0.29) is 10.6 Å². The maximum absolute atomic E-state index is 13.0. The molecule has 0 unspecified atom stereocenters. The Morgan fingerprint density at radius 1 is 1.14 bits per heavy atom. The maximum atomic E-state index is 13.0. The minimum Gasteiger partial charge on any atom is -0.497 e. The molecule has 1 aromatic carbocycles. The molecule has 0 fully saturated rings. The predicted octanol–water partition coefficient (Wildman–Crippen LogP) is 2.63. The van der Waals surface area contributed by atoms with Crippen molar-refractivity contribution in [3.8, 4) is 17.3 Å². The highest BCUT2D eigenvalue weighted by atomic mass is 32.2. The van der Waals surface area contributed by atoms with E-state index in [1.54, 1.807) is 36.1 Å². The number of nitrogens with zero attached hydrogens (tertiary/aromatic N) is 3. The second kappa shape index (κ2) is 7.99. The topological polar surface area (TPSA) is 95.3 Å². The van der Waals surface area contributed by atoms with E-state index in [1.807, 2.05) is 25.1 Å². The normalized spacial score (nSPS) is 12.6. The van der Waals surface area contributed by atoms with Gasteiger partial charge in [0.25, 0.3) is 0 Å². The molecule has 28 heavy (non-hydrogen) atoms. The molecule has 0 bridgehead atoms. The van der Waals surface area contributed by atoms with E-state index < -0.39 is 16.1 Å². The summed E-state index contributed by atoms with van der Waals surface area (Å²) in [6, 6.07) is 9.63. The summed E-state index contributed by atoms with van der Waals surface area (Å²) < 4.78 is 40.6. The van der Waals surface area contributed by atoms with E-state index in [1.165, 1.54) is 20.3 Å². The lowest BCUT2D eigenvalue weighted by Gasteiger charge is -2.16. The minimum atomic E-state index is -3.86. The molecule has 1 atom stereocenters. The Morgan fingerprint density at radius 2 is 1.93 bits per heavy atom. The van der Waals surface area contributed by atoms with E-state index in [4.69, 9.17) is 9.47 Å². The van der Waals surface area contributed by atoms with E-state index in [0.717, 1.165) is 11.3 Å². The highest BCUT2D eigenvalue weighted by Crippen LogP contribution is 2.30. The summed E-state index contributed by atoms with van der Waals surface area (Å²) in [6.07, 6.45) is 3.32. The van der Waals surface area contributed by atoms with E-state index in [0.29, 0.717) is 11.6 Å². The molecule has 0 saturated carbocycles. The van der Waals surface area contributed by atoms with E-state index in [9.17, 15) is 8.42 Å². The van der Waals surface area contributed by atoms with E-state index in [2.05, 4.69) is 14.8 Å². The largest absolute Gasteiger partial charge is 0.497 e. The van der Waals surface area contributed by atoms with Crippen molar-refractivity contribution in [1.29, 1.82) is 0 Å². The molecule has 0 radical (unpaired) electrons. The van der Waals surface area contributed by atoms with Gasteiger partial charge in [0.15, 0.2) is 5.82 Å². The Labute approximate surface area is 164 Å². The van der Waals surface area contributed by atoms with Crippen LogP contribution in [0.25, 0.3) is 5.82 Å². The second-order valence-corrected chi connectivity index (χ2v) is 7.83. The molecule has 0 aliphatic heterocycles. The van der Waals surface area contributed by atoms with Gasteiger partial charge in [-0.2, -0.15) is 5.10 Å². The summed E-state index contributed by atoms with van der Waals surface area (Å²) in [5, 5.41) is 4.35. The molecule has 3 rings (SSSR count). The van der Waals surface area contributed by atoms with Crippen LogP contribution in [0.2, 0.25) is 0 Å². The molecule has 0 saturated heterocycles. The van der Waals surface area contributed by atoms with Gasteiger partial charge in [-0.25, -0.2) is 22.8 Å². The fourth-order valence-corrected chi connectivity index (χ4v) is 4.32. The van der Waals surface area contributed by atoms with Crippen molar-refractivity contribution < 1.29 is 17.9 Å². The van der Waals surface area contributed by atoms with Crippen LogP contribution in [0.15, 0.2) is 53.7 Å². The molecule has 8 nitrogen and oxygen atoms in total. The molecule has 9 heteroatoms. The number of nitrogens with one attached hydrogen (secondary N) is 1. The Morgan fingerprint density at radius 3 is 2.57 bits per heavy atom. The van der Waals surface area contributed by atoms with Gasteiger partial charge in [0.2, 0.25) is 10.0 Å². The smallest absolute Gasteiger partial charge is 0.244 e. The van der Waals surface area contributed by atoms with Gasteiger partial charge in [-0.1, -0.05) is 6.07 Å². The first-order valence-electron chi connectivity index (χ1n) is 8.57. The van der Waals surface area contributed by atoms with Gasteiger partial charge < -0.3 is 9.47 Å². The monoisotopic (exact) mass is 402 g/mol. The number of sulfonamides is 1. The molecular formula is C19H22N4O4S. The zero-order chi connectivity index (χ0) is 20.3. The first-order chi connectivity index (χ1) is 13.4. The maximum Gasteiger partial charge on any atom is 0.244 e. The molecule has 0 spiro atoms. The summed E-state index contributed by atoms with van der Waals surface area (Å²) in [7, 11) is -0.965. The van der Waals surface area contributed by atoms with Gasteiger partial charge in [0.05, 0.1) is 20.4 Å². The van der Waals surface area contributed by atoms with Gasteiger partial charge in [-0.15, -0.1) is 0 Å². The van der Waals surface area contributed by atoms with E-state index >= 15 is 0 Å². The van der Waals surface area contributed by atoms with Crippen molar-refractivity contribution in [1.82, 2.24) is 19.5 Å². The quantitative estimate of drug-likeness (QED) is 0.653. The summed E-state index contributed by atoms with van der Waals surface area (Å²) in [6.45, 7) is 3.63. The SMILES string of the molecule is COc1ccc(OC)c(S(=O)(=O)N[C@H](C)c2cnn(-c3ccccn3)c2C)c1. The minimum absolute atomic E-state index is 0.0102. The van der Waals surface area contributed by atoms with Gasteiger partial charge in [0, 0.05) is 29.6 Å². The molecule has 2 heterocycles. The molecular weight excluding hydrogens is 380 g/mol. The fraction of sp³-hybridized carbons (Fsp3) is 0.263. The molecule has 0 aliphatic carbocycles. The van der Waals surface area contributed by atoms with Crippen LogP contribution in [0.3, 0.4) is 0 Å². The van der Waals surface area contributed by atoms with Gasteiger partial charge in [0.1, 0.15) is 16.4 Å². The van der Waals surface area contributed by atoms with Crippen molar-refractivity contribution in [3.05, 3.63) is 60.0 Å². The van der Waals surface area contributed by atoms with Crippen LogP contribution in [0, 0.1) is 6.92 Å². The average Bonchev–Trinajstić information content (AvgIpc) is 3.09. The van der Waals surface area contributed by atoms with Crippen LogP contribution in [0.1, 0.15) is 24.2 Å². The number of aromatic nitrogens is 3. The van der Waals surface area contributed by atoms with Crippen LogP contribution in [-0.4, -0.2) is 37.4 Å². The Bertz CT molecular complexity index is 1060. The zero-order valence-corrected chi connectivity index (χ0v) is 16.9. The first-order valence-corrected chi connectivity index (χ1v) is 10.1. The van der Waals surface area contributed by atoms with Gasteiger partial charge in [-0.05, 0) is 38.1 Å².